The summed E-state index contributed by atoms with van der Waals surface area (Å²) in [5.41, 5.74) is 1.16. The van der Waals surface area contributed by atoms with E-state index in [4.69, 9.17) is 9.47 Å². The second kappa shape index (κ2) is 9.66. The number of fused-ring (bicyclic) bond motifs is 2. The first-order valence-corrected chi connectivity index (χ1v) is 13.7. The third-order valence-electron chi connectivity index (χ3n) is 10.3. The van der Waals surface area contributed by atoms with Crippen molar-refractivity contribution in [3.8, 4) is 0 Å². The van der Waals surface area contributed by atoms with Crippen LogP contribution in [0, 0.1) is 28.6 Å². The lowest BCUT2D eigenvalue weighted by Crippen LogP contribution is -2.51. The van der Waals surface area contributed by atoms with E-state index < -0.39 is 23.8 Å². The molecule has 0 aromatic rings. The molecule has 1 aliphatic heterocycles. The molecular weight excluding hydrogens is 456 g/mol. The molecule has 7 unspecified atom stereocenters. The molecule has 7 atom stereocenters. The highest BCUT2D eigenvalue weighted by molar-refractivity contribution is 5.88. The molecule has 6 nitrogen and oxygen atoms in total. The highest BCUT2D eigenvalue weighted by Crippen LogP contribution is 2.56. The van der Waals surface area contributed by atoms with Crippen LogP contribution in [0.2, 0.25) is 0 Å². The van der Waals surface area contributed by atoms with Crippen molar-refractivity contribution in [3.05, 3.63) is 35.6 Å². The van der Waals surface area contributed by atoms with Gasteiger partial charge in [0.15, 0.2) is 0 Å². The highest BCUT2D eigenvalue weighted by atomic mass is 16.7. The smallest absolute Gasteiger partial charge is 0.336 e. The normalized spacial score (nSPS) is 40.7. The molecule has 0 radical (unpaired) electrons. The Kier molecular flexibility index (Phi) is 7.24. The molecule has 0 spiro atoms. The van der Waals surface area contributed by atoms with Gasteiger partial charge in [-0.15, -0.1) is 0 Å². The van der Waals surface area contributed by atoms with E-state index in [1.807, 2.05) is 13.8 Å². The largest absolute Gasteiger partial charge is 0.478 e. The van der Waals surface area contributed by atoms with Crippen LogP contribution in [0.5, 0.6) is 0 Å². The minimum atomic E-state index is -0.945. The summed E-state index contributed by atoms with van der Waals surface area (Å²) < 4.78 is 12.0. The van der Waals surface area contributed by atoms with Crippen LogP contribution >= 0.6 is 0 Å². The molecule has 0 saturated heterocycles. The summed E-state index contributed by atoms with van der Waals surface area (Å²) in [4.78, 5) is 24.6. The minimum absolute atomic E-state index is 0.00765. The fourth-order valence-corrected chi connectivity index (χ4v) is 7.77. The van der Waals surface area contributed by atoms with Crippen molar-refractivity contribution >= 4 is 11.9 Å². The highest BCUT2D eigenvalue weighted by Gasteiger charge is 2.51. The van der Waals surface area contributed by atoms with Crippen molar-refractivity contribution in [1.82, 2.24) is 0 Å². The van der Waals surface area contributed by atoms with Crippen LogP contribution < -0.4 is 0 Å². The van der Waals surface area contributed by atoms with Crippen molar-refractivity contribution in [3.63, 3.8) is 0 Å². The first-order valence-electron chi connectivity index (χ1n) is 13.7. The summed E-state index contributed by atoms with van der Waals surface area (Å²) in [5, 5.41) is 20.5. The molecule has 1 heterocycles. The zero-order chi connectivity index (χ0) is 26.5. The summed E-state index contributed by atoms with van der Waals surface area (Å²) in [6, 6.07) is 0. The molecule has 0 bridgehead atoms. The standard InChI is InChI=1S/C30H44O6/c1-18(26(31)32)21-8-13-28(4)15-10-25(35-20(3)23(28)16-21)36-27(33)19(2)22-9-14-29(5)11-7-12-30(6,34)24(29)17-22/h21-22,24-25,34H,1-2,7-17H2,3-6H3,(H,31,32). The number of aliphatic hydroxyl groups is 1. The van der Waals surface area contributed by atoms with Crippen molar-refractivity contribution in [1.29, 1.82) is 0 Å². The Morgan fingerprint density at radius 1 is 0.972 bits per heavy atom. The fourth-order valence-electron chi connectivity index (χ4n) is 7.77. The van der Waals surface area contributed by atoms with Crippen LogP contribution in [0.4, 0.5) is 0 Å². The predicted molar refractivity (Wildman–Crippen MR) is 138 cm³/mol. The summed E-state index contributed by atoms with van der Waals surface area (Å²) in [7, 11) is 0. The van der Waals surface area contributed by atoms with Gasteiger partial charge in [0.2, 0.25) is 6.29 Å². The summed E-state index contributed by atoms with van der Waals surface area (Å²) >= 11 is 0. The van der Waals surface area contributed by atoms with Gasteiger partial charge in [0.05, 0.1) is 11.4 Å². The molecule has 6 heteroatoms. The number of hydrogen-bond acceptors (Lipinski definition) is 5. The maximum atomic E-state index is 13.2. The number of aliphatic carboxylic acids is 1. The summed E-state index contributed by atoms with van der Waals surface area (Å²) in [6.07, 6.45) is 8.58. The van der Waals surface area contributed by atoms with Gasteiger partial charge in [0, 0.05) is 17.6 Å². The van der Waals surface area contributed by atoms with E-state index in [1.54, 1.807) is 0 Å². The van der Waals surface area contributed by atoms with Gasteiger partial charge in [0.25, 0.3) is 0 Å². The van der Waals surface area contributed by atoms with Crippen LogP contribution in [0.1, 0.15) is 98.3 Å². The number of carboxylic acid groups (broad SMARTS) is 1. The van der Waals surface area contributed by atoms with Crippen LogP contribution in [-0.2, 0) is 19.1 Å². The zero-order valence-corrected chi connectivity index (χ0v) is 22.5. The molecule has 2 N–H and O–H groups in total. The molecule has 0 aromatic carbocycles. The maximum absolute atomic E-state index is 13.2. The number of hydrogen-bond donors (Lipinski definition) is 2. The second-order valence-electron chi connectivity index (χ2n) is 12.8. The lowest BCUT2D eigenvalue weighted by molar-refractivity contribution is -0.169. The Morgan fingerprint density at radius 3 is 2.33 bits per heavy atom. The molecular formula is C30H44O6. The van der Waals surface area contributed by atoms with Gasteiger partial charge in [-0.05, 0) is 106 Å². The fraction of sp³-hybridized carbons (Fsp3) is 0.733. The van der Waals surface area contributed by atoms with E-state index in [1.165, 1.54) is 0 Å². The van der Waals surface area contributed by atoms with Crippen molar-refractivity contribution < 1.29 is 29.3 Å². The molecule has 4 rings (SSSR count). The van der Waals surface area contributed by atoms with Crippen molar-refractivity contribution in [2.24, 2.45) is 28.6 Å². The number of esters is 1. The molecule has 3 fully saturated rings. The topological polar surface area (TPSA) is 93.1 Å². The first kappa shape index (κ1) is 27.0. The Balaban J connectivity index is 1.41. The molecule has 0 amide bonds. The molecule has 200 valence electrons. The zero-order valence-electron chi connectivity index (χ0n) is 22.5. The van der Waals surface area contributed by atoms with E-state index in [9.17, 15) is 19.8 Å². The molecule has 36 heavy (non-hydrogen) atoms. The quantitative estimate of drug-likeness (QED) is 0.340. The summed E-state index contributed by atoms with van der Waals surface area (Å²) in [5.74, 6) is -0.563. The number of ether oxygens (including phenoxy) is 2. The van der Waals surface area contributed by atoms with E-state index in [-0.39, 0.29) is 34.2 Å². The van der Waals surface area contributed by atoms with Crippen LogP contribution in [0.15, 0.2) is 35.6 Å². The number of carbonyl (C=O) groups is 2. The average Bonchev–Trinajstić information content (AvgIpc) is 2.93. The third kappa shape index (κ3) is 5.03. The predicted octanol–water partition coefficient (Wildman–Crippen LogP) is 6.30. The number of allylic oxidation sites excluding steroid dienone is 2. The van der Waals surface area contributed by atoms with Gasteiger partial charge in [-0.3, -0.25) is 0 Å². The van der Waals surface area contributed by atoms with Crippen LogP contribution in [0.25, 0.3) is 0 Å². The van der Waals surface area contributed by atoms with Crippen LogP contribution in [-0.4, -0.2) is 34.0 Å². The molecule has 4 aliphatic rings. The van der Waals surface area contributed by atoms with Crippen molar-refractivity contribution in [2.45, 2.75) is 110 Å². The Labute approximate surface area is 215 Å². The summed E-state index contributed by atoms with van der Waals surface area (Å²) in [6.45, 7) is 16.3. The molecule has 0 aromatic heterocycles. The third-order valence-corrected chi connectivity index (χ3v) is 10.3. The van der Waals surface area contributed by atoms with E-state index in [0.717, 1.165) is 69.1 Å². The lowest BCUT2D eigenvalue weighted by atomic mass is 9.53. The van der Waals surface area contributed by atoms with E-state index in [2.05, 4.69) is 27.0 Å². The van der Waals surface area contributed by atoms with Gasteiger partial charge in [0.1, 0.15) is 0 Å². The minimum Gasteiger partial charge on any atom is -0.478 e. The van der Waals surface area contributed by atoms with Gasteiger partial charge in [-0.1, -0.05) is 33.4 Å². The van der Waals surface area contributed by atoms with E-state index >= 15 is 0 Å². The van der Waals surface area contributed by atoms with Crippen molar-refractivity contribution in [2.75, 3.05) is 0 Å². The Hall–Kier alpha value is -2.08. The number of carbonyl (C=O) groups excluding carboxylic acids is 1. The average molecular weight is 501 g/mol. The number of carboxylic acids is 1. The second-order valence-corrected chi connectivity index (χ2v) is 12.8. The first-order chi connectivity index (χ1) is 16.8. The van der Waals surface area contributed by atoms with Gasteiger partial charge in [-0.2, -0.15) is 0 Å². The molecule has 3 aliphatic carbocycles. The lowest BCUT2D eigenvalue weighted by Gasteiger charge is -2.54. The number of rotatable bonds is 5. The van der Waals surface area contributed by atoms with Crippen LogP contribution in [0.3, 0.4) is 0 Å². The van der Waals surface area contributed by atoms with E-state index in [0.29, 0.717) is 18.4 Å². The van der Waals surface area contributed by atoms with Gasteiger partial charge in [-0.25, -0.2) is 9.59 Å². The SMILES string of the molecule is C=C(C(=O)O)C1CCC2(C)CCC(OC(=O)C(=C)C3CCC4(C)CCCC(C)(O)C4C3)OC(C)=C2C1. The maximum Gasteiger partial charge on any atom is 0.336 e. The van der Waals surface area contributed by atoms with Gasteiger partial charge < -0.3 is 19.7 Å². The Bertz CT molecular complexity index is 976. The Morgan fingerprint density at radius 2 is 1.64 bits per heavy atom. The molecule has 3 saturated carbocycles. The monoisotopic (exact) mass is 500 g/mol. The van der Waals surface area contributed by atoms with Gasteiger partial charge >= 0.3 is 11.9 Å².